The normalized spacial score (nSPS) is 12.5. The molecule has 1 aromatic heterocycles. The smallest absolute Gasteiger partial charge is 0.262 e. The minimum Gasteiger partial charge on any atom is -0.286 e. The molecule has 0 aliphatic rings. The fourth-order valence-electron chi connectivity index (χ4n) is 2.57. The van der Waals surface area contributed by atoms with Crippen LogP contribution in [0, 0.1) is 18.3 Å². The molecule has 1 atom stereocenters. The first-order valence-corrected chi connectivity index (χ1v) is 8.26. The number of rotatable bonds is 7. The highest BCUT2D eigenvalue weighted by Crippen LogP contribution is 2.25. The highest BCUT2D eigenvalue weighted by Gasteiger charge is 2.26. The molecule has 26 heavy (non-hydrogen) atoms. The molecule has 1 unspecified atom stereocenters. The van der Waals surface area contributed by atoms with E-state index in [1.807, 2.05) is 45.9 Å². The topological polar surface area (TPSA) is 120 Å². The number of aryl methyl sites for hydroxylation is 1. The van der Waals surface area contributed by atoms with E-state index in [1.165, 1.54) is 0 Å². The molecule has 9 heteroatoms. The van der Waals surface area contributed by atoms with Crippen LogP contribution in [0.5, 0.6) is 0 Å². The van der Waals surface area contributed by atoms with Gasteiger partial charge in [-0.3, -0.25) is 25.6 Å². The molecule has 0 radical (unpaired) electrons. The Hall–Kier alpha value is -2.81. The van der Waals surface area contributed by atoms with Crippen molar-refractivity contribution in [3.8, 4) is 0 Å². The number of hydroxylamine groups is 2. The van der Waals surface area contributed by atoms with E-state index in [0.29, 0.717) is 22.5 Å². The lowest BCUT2D eigenvalue weighted by atomic mass is 9.84. The van der Waals surface area contributed by atoms with E-state index in [4.69, 9.17) is 0 Å². The summed E-state index contributed by atoms with van der Waals surface area (Å²) in [4.78, 5) is 27.4. The molecule has 2 aromatic rings. The Morgan fingerprint density at radius 2 is 2.04 bits per heavy atom. The molecule has 0 aliphatic carbocycles. The zero-order chi connectivity index (χ0) is 19.3. The van der Waals surface area contributed by atoms with Crippen molar-refractivity contribution in [1.82, 2.24) is 25.7 Å². The van der Waals surface area contributed by atoms with Crippen LogP contribution in [0.15, 0.2) is 18.2 Å². The minimum atomic E-state index is -0.603. The van der Waals surface area contributed by atoms with Crippen LogP contribution in [0.25, 0.3) is 11.0 Å². The third-order valence-electron chi connectivity index (χ3n) is 3.67. The van der Waals surface area contributed by atoms with Crippen molar-refractivity contribution < 1.29 is 14.8 Å². The first kappa shape index (κ1) is 19.5. The summed E-state index contributed by atoms with van der Waals surface area (Å²) < 4.78 is 0. The van der Waals surface area contributed by atoms with Gasteiger partial charge in [0.05, 0.1) is 18.0 Å². The highest BCUT2D eigenvalue weighted by atomic mass is 16.5. The number of carbonyl (C=O) groups is 2. The van der Waals surface area contributed by atoms with E-state index >= 15 is 0 Å². The number of benzene rings is 1. The quantitative estimate of drug-likeness (QED) is 0.390. The summed E-state index contributed by atoms with van der Waals surface area (Å²) in [6.07, 6.45) is 0.746. The number of carbonyl (C=O) groups excluding carboxylic acids is 2. The summed E-state index contributed by atoms with van der Waals surface area (Å²) in [6, 6.07) is 5.60. The van der Waals surface area contributed by atoms with E-state index in [-0.39, 0.29) is 30.2 Å². The van der Waals surface area contributed by atoms with E-state index in [0.717, 1.165) is 5.56 Å². The van der Waals surface area contributed by atoms with Gasteiger partial charge in [-0.15, -0.1) is 10.2 Å². The second kappa shape index (κ2) is 8.05. The van der Waals surface area contributed by atoms with Crippen LogP contribution in [0.3, 0.4) is 0 Å². The Kier molecular flexibility index (Phi) is 6.04. The molecular weight excluding hydrogens is 336 g/mol. The second-order valence-corrected chi connectivity index (χ2v) is 7.43. The number of nitrogens with one attached hydrogen (secondary N) is 2. The Morgan fingerprint density at radius 3 is 2.69 bits per heavy atom. The van der Waals surface area contributed by atoms with Crippen LogP contribution in [0.4, 0.5) is 5.95 Å². The van der Waals surface area contributed by atoms with Gasteiger partial charge in [-0.1, -0.05) is 26.8 Å². The third kappa shape index (κ3) is 5.62. The predicted molar refractivity (Wildman–Crippen MR) is 96.0 cm³/mol. The van der Waals surface area contributed by atoms with Crippen LogP contribution < -0.4 is 10.9 Å². The summed E-state index contributed by atoms with van der Waals surface area (Å²) in [7, 11) is 0. The zero-order valence-electron chi connectivity index (χ0n) is 15.4. The Balaban J connectivity index is 2.06. The molecule has 1 aromatic carbocycles. The van der Waals surface area contributed by atoms with Gasteiger partial charge in [0.2, 0.25) is 12.3 Å². The van der Waals surface area contributed by atoms with Crippen molar-refractivity contribution in [1.29, 1.82) is 0 Å². The summed E-state index contributed by atoms with van der Waals surface area (Å²) in [6.45, 7) is 7.77. The predicted octanol–water partition coefficient (Wildman–Crippen LogP) is 1.68. The van der Waals surface area contributed by atoms with Crippen molar-refractivity contribution in [2.75, 3.05) is 12.0 Å². The SMILES string of the molecule is Cc1ccc2nc(NNC(=O)C(CN(O)C=O)CC(C)(C)C)nnc2c1. The van der Waals surface area contributed by atoms with E-state index in [2.05, 4.69) is 26.0 Å². The number of hydrogen-bond acceptors (Lipinski definition) is 7. The molecule has 2 amide bonds. The third-order valence-corrected chi connectivity index (χ3v) is 3.67. The molecular formula is C17H24N6O3. The largest absolute Gasteiger partial charge is 0.286 e. The first-order chi connectivity index (χ1) is 12.2. The van der Waals surface area contributed by atoms with Crippen molar-refractivity contribution in [3.05, 3.63) is 23.8 Å². The van der Waals surface area contributed by atoms with Crippen LogP contribution >= 0.6 is 0 Å². The lowest BCUT2D eigenvalue weighted by molar-refractivity contribution is -0.155. The number of amides is 2. The van der Waals surface area contributed by atoms with Crippen molar-refractivity contribution in [2.24, 2.45) is 11.3 Å². The van der Waals surface area contributed by atoms with Gasteiger partial charge in [-0.05, 0) is 36.5 Å². The van der Waals surface area contributed by atoms with Gasteiger partial charge in [0.25, 0.3) is 5.95 Å². The van der Waals surface area contributed by atoms with Crippen LogP contribution in [0.2, 0.25) is 0 Å². The highest BCUT2D eigenvalue weighted by molar-refractivity contribution is 5.80. The van der Waals surface area contributed by atoms with Crippen molar-refractivity contribution >= 4 is 29.3 Å². The van der Waals surface area contributed by atoms with Gasteiger partial charge in [-0.2, -0.15) is 0 Å². The van der Waals surface area contributed by atoms with Gasteiger partial charge >= 0.3 is 0 Å². The summed E-state index contributed by atoms with van der Waals surface area (Å²) in [5, 5.41) is 17.9. The molecule has 0 bridgehead atoms. The molecule has 140 valence electrons. The fourth-order valence-corrected chi connectivity index (χ4v) is 2.57. The molecule has 0 spiro atoms. The molecule has 0 saturated heterocycles. The zero-order valence-corrected chi connectivity index (χ0v) is 15.4. The van der Waals surface area contributed by atoms with Gasteiger partial charge in [0.15, 0.2) is 0 Å². The number of fused-ring (bicyclic) bond motifs is 1. The molecule has 1 heterocycles. The molecule has 0 saturated carbocycles. The lowest BCUT2D eigenvalue weighted by Crippen LogP contribution is -2.42. The summed E-state index contributed by atoms with van der Waals surface area (Å²) in [5.74, 6) is -0.831. The fraction of sp³-hybridized carbons (Fsp3) is 0.471. The van der Waals surface area contributed by atoms with Gasteiger partial charge in [-0.25, -0.2) is 10.0 Å². The average molecular weight is 360 g/mol. The summed E-state index contributed by atoms with van der Waals surface area (Å²) in [5.41, 5.74) is 7.36. The van der Waals surface area contributed by atoms with Crippen LogP contribution in [0.1, 0.15) is 32.8 Å². The number of hydrogen-bond donors (Lipinski definition) is 3. The summed E-state index contributed by atoms with van der Waals surface area (Å²) >= 11 is 0. The Morgan fingerprint density at radius 1 is 1.31 bits per heavy atom. The second-order valence-electron chi connectivity index (χ2n) is 7.43. The van der Waals surface area contributed by atoms with E-state index < -0.39 is 5.92 Å². The maximum Gasteiger partial charge on any atom is 0.262 e. The monoisotopic (exact) mass is 360 g/mol. The standard InChI is InChI=1S/C17H24N6O3/c1-11-5-6-13-14(7-11)19-21-16(18-13)22-20-15(25)12(8-17(2,3)4)9-23(26)10-24/h5-7,10,12,26H,8-9H2,1-4H3,(H,20,25)(H,18,21,22). The van der Waals surface area contributed by atoms with Crippen LogP contribution in [-0.4, -0.2) is 44.3 Å². The van der Waals surface area contributed by atoms with Gasteiger partial charge < -0.3 is 0 Å². The van der Waals surface area contributed by atoms with E-state index in [1.54, 1.807) is 0 Å². The Bertz CT molecular complexity index is 790. The number of nitrogens with zero attached hydrogens (tertiary/aromatic N) is 4. The maximum atomic E-state index is 12.5. The maximum absolute atomic E-state index is 12.5. The molecule has 0 aliphatic heterocycles. The number of hydrazine groups is 1. The van der Waals surface area contributed by atoms with Gasteiger partial charge in [0.1, 0.15) is 5.52 Å². The number of anilines is 1. The first-order valence-electron chi connectivity index (χ1n) is 8.26. The molecule has 3 N–H and O–H groups in total. The molecule has 9 nitrogen and oxygen atoms in total. The minimum absolute atomic E-state index is 0.107. The molecule has 2 rings (SSSR count). The lowest BCUT2D eigenvalue weighted by Gasteiger charge is -2.26. The number of aromatic nitrogens is 3. The van der Waals surface area contributed by atoms with Gasteiger partial charge in [0, 0.05) is 0 Å². The van der Waals surface area contributed by atoms with Crippen LogP contribution in [-0.2, 0) is 9.59 Å². The van der Waals surface area contributed by atoms with Crippen molar-refractivity contribution in [3.63, 3.8) is 0 Å². The molecule has 0 fully saturated rings. The van der Waals surface area contributed by atoms with Crippen molar-refractivity contribution in [2.45, 2.75) is 34.1 Å². The Labute approximate surface area is 151 Å². The average Bonchev–Trinajstić information content (AvgIpc) is 2.57. The van der Waals surface area contributed by atoms with E-state index in [9.17, 15) is 14.8 Å².